The van der Waals surface area contributed by atoms with E-state index in [9.17, 15) is 15.3 Å². The fraction of sp³-hybridized carbons (Fsp3) is 0.258. The minimum absolute atomic E-state index is 0.148. The number of anilines is 1. The SMILES string of the molecule is COc1ccc(C(c2ccccc2)(c2ccccc2)[C@@]2(n3cnc4c(N)ncnc43)O[C@H](CO)[C@@H](O)[C@@]2(C)O)cc1. The largest absolute Gasteiger partial charge is 0.497 e. The van der Waals surface area contributed by atoms with Crippen LogP contribution in [0, 0.1) is 0 Å². The van der Waals surface area contributed by atoms with Gasteiger partial charge in [0.2, 0.25) is 0 Å². The van der Waals surface area contributed by atoms with Crippen LogP contribution in [0.25, 0.3) is 11.2 Å². The van der Waals surface area contributed by atoms with Crippen molar-refractivity contribution in [1.29, 1.82) is 0 Å². The van der Waals surface area contributed by atoms with E-state index in [2.05, 4.69) is 15.0 Å². The molecule has 0 unspecified atom stereocenters. The van der Waals surface area contributed by atoms with Crippen LogP contribution in [0.1, 0.15) is 23.6 Å². The van der Waals surface area contributed by atoms with Crippen LogP contribution in [0.2, 0.25) is 0 Å². The number of aliphatic hydroxyl groups is 3. The third kappa shape index (κ3) is 3.62. The summed E-state index contributed by atoms with van der Waals surface area (Å²) in [4.78, 5) is 13.1. The maximum atomic E-state index is 12.7. The molecule has 3 heterocycles. The molecule has 0 radical (unpaired) electrons. The Bertz CT molecular complexity index is 1620. The van der Waals surface area contributed by atoms with Gasteiger partial charge in [-0.1, -0.05) is 72.8 Å². The first-order chi connectivity index (χ1) is 19.8. The predicted octanol–water partition coefficient (Wildman–Crippen LogP) is 2.61. The van der Waals surface area contributed by atoms with E-state index < -0.39 is 35.6 Å². The summed E-state index contributed by atoms with van der Waals surface area (Å²) in [5.41, 5.74) is 3.68. The van der Waals surface area contributed by atoms with E-state index in [4.69, 9.17) is 15.2 Å². The molecule has 0 spiro atoms. The molecule has 4 atom stereocenters. The summed E-state index contributed by atoms with van der Waals surface area (Å²) in [6.45, 7) is 0.957. The van der Waals surface area contributed by atoms with Crippen LogP contribution < -0.4 is 10.5 Å². The van der Waals surface area contributed by atoms with Gasteiger partial charge in [0, 0.05) is 0 Å². The Labute approximate surface area is 236 Å². The Kier molecular flexibility index (Phi) is 6.50. The van der Waals surface area contributed by atoms with Crippen LogP contribution in [0.3, 0.4) is 0 Å². The Morgan fingerprint density at radius 2 is 1.51 bits per heavy atom. The van der Waals surface area contributed by atoms with Crippen molar-refractivity contribution in [3.63, 3.8) is 0 Å². The molecule has 0 saturated carbocycles. The van der Waals surface area contributed by atoms with Gasteiger partial charge < -0.3 is 30.5 Å². The molecule has 2 aromatic heterocycles. The number of hydrogen-bond acceptors (Lipinski definition) is 9. The van der Waals surface area contributed by atoms with Gasteiger partial charge in [0.15, 0.2) is 17.2 Å². The fourth-order valence-corrected chi connectivity index (χ4v) is 6.44. The van der Waals surface area contributed by atoms with Gasteiger partial charge in [0.1, 0.15) is 35.4 Å². The number of methoxy groups -OCH3 is 1. The normalized spacial score (nSPS) is 24.5. The van der Waals surface area contributed by atoms with Crippen molar-refractivity contribution in [3.8, 4) is 5.75 Å². The van der Waals surface area contributed by atoms with Crippen LogP contribution in [0.15, 0.2) is 97.6 Å². The van der Waals surface area contributed by atoms with Crippen molar-refractivity contribution in [2.45, 2.75) is 35.9 Å². The number of aromatic nitrogens is 4. The highest BCUT2D eigenvalue weighted by atomic mass is 16.6. The maximum Gasteiger partial charge on any atom is 0.197 e. The first-order valence-electron chi connectivity index (χ1n) is 13.2. The molecular formula is C31H31N5O5. The molecular weight excluding hydrogens is 522 g/mol. The second-order valence-electron chi connectivity index (χ2n) is 10.3. The number of rotatable bonds is 7. The summed E-state index contributed by atoms with van der Waals surface area (Å²) < 4.78 is 13.9. The van der Waals surface area contributed by atoms with Crippen molar-refractivity contribution >= 4 is 17.0 Å². The zero-order valence-electron chi connectivity index (χ0n) is 22.6. The van der Waals surface area contributed by atoms with E-state index in [1.165, 1.54) is 19.6 Å². The summed E-state index contributed by atoms with van der Waals surface area (Å²) in [5.74, 6) is 0.786. The molecule has 5 N–H and O–H groups in total. The molecule has 210 valence electrons. The number of imidazole rings is 1. The Balaban J connectivity index is 1.86. The van der Waals surface area contributed by atoms with Crippen LogP contribution in [0.4, 0.5) is 5.82 Å². The lowest BCUT2D eigenvalue weighted by Crippen LogP contribution is -2.67. The van der Waals surface area contributed by atoms with E-state index >= 15 is 0 Å². The molecule has 0 bridgehead atoms. The van der Waals surface area contributed by atoms with E-state index in [1.807, 2.05) is 84.9 Å². The molecule has 1 saturated heterocycles. The van der Waals surface area contributed by atoms with Crippen LogP contribution >= 0.6 is 0 Å². The first-order valence-corrected chi connectivity index (χ1v) is 13.2. The number of nitrogen functional groups attached to an aromatic ring is 1. The first kappa shape index (κ1) is 26.9. The number of nitrogens with two attached hydrogens (primary N) is 1. The average molecular weight is 554 g/mol. The molecule has 0 aliphatic carbocycles. The number of hydrogen-bond donors (Lipinski definition) is 4. The number of benzene rings is 3. The summed E-state index contributed by atoms with van der Waals surface area (Å²) in [5, 5.41) is 34.7. The molecule has 1 fully saturated rings. The highest BCUT2D eigenvalue weighted by molar-refractivity contribution is 5.81. The van der Waals surface area contributed by atoms with Crippen molar-refractivity contribution < 1.29 is 24.8 Å². The third-order valence-electron chi connectivity index (χ3n) is 8.26. The standard InChI is InChI=1S/C31H31N5O5/c1-29(39)26(38)24(17-37)41-31(29,36-19-35-25-27(32)33-18-34-28(25)36)30(20-9-5-3-6-10-20,21-11-7-4-8-12-21)22-13-15-23(40-2)16-14-22/h3-16,18-19,24,26,37-39H,17H2,1-2H3,(H2,32,33,34)/t24-,26-,29-,31+/m1/s1. The fourth-order valence-electron chi connectivity index (χ4n) is 6.44. The molecule has 6 rings (SSSR count). The molecule has 41 heavy (non-hydrogen) atoms. The van der Waals surface area contributed by atoms with Gasteiger partial charge in [0.05, 0.1) is 25.5 Å². The van der Waals surface area contributed by atoms with E-state index in [-0.39, 0.29) is 11.5 Å². The molecule has 10 nitrogen and oxygen atoms in total. The van der Waals surface area contributed by atoms with Crippen LogP contribution in [0.5, 0.6) is 5.75 Å². The van der Waals surface area contributed by atoms with Crippen molar-refractivity contribution in [2.75, 3.05) is 19.5 Å². The van der Waals surface area contributed by atoms with Crippen LogP contribution in [-0.2, 0) is 15.9 Å². The quantitative estimate of drug-likeness (QED) is 0.223. The molecule has 0 amide bonds. The lowest BCUT2D eigenvalue weighted by Gasteiger charge is -2.54. The van der Waals surface area contributed by atoms with Gasteiger partial charge in [-0.05, 0) is 35.7 Å². The molecule has 1 aliphatic rings. The predicted molar refractivity (Wildman–Crippen MR) is 152 cm³/mol. The minimum Gasteiger partial charge on any atom is -0.497 e. The Morgan fingerprint density at radius 1 is 0.927 bits per heavy atom. The number of ether oxygens (including phenoxy) is 2. The Morgan fingerprint density at radius 3 is 2.05 bits per heavy atom. The van der Waals surface area contributed by atoms with E-state index in [0.717, 1.165) is 11.1 Å². The van der Waals surface area contributed by atoms with Gasteiger partial charge in [-0.3, -0.25) is 4.57 Å². The van der Waals surface area contributed by atoms with Crippen LogP contribution in [-0.4, -0.2) is 66.4 Å². The summed E-state index contributed by atoms with van der Waals surface area (Å²) in [7, 11) is 1.59. The zero-order valence-corrected chi connectivity index (χ0v) is 22.6. The molecule has 3 aromatic carbocycles. The van der Waals surface area contributed by atoms with Gasteiger partial charge >= 0.3 is 0 Å². The second kappa shape index (κ2) is 9.93. The topological polar surface area (TPSA) is 149 Å². The molecule has 1 aliphatic heterocycles. The number of nitrogens with zero attached hydrogens (tertiary/aromatic N) is 4. The highest BCUT2D eigenvalue weighted by Gasteiger charge is 2.74. The monoisotopic (exact) mass is 553 g/mol. The zero-order chi connectivity index (χ0) is 28.8. The second-order valence-corrected chi connectivity index (χ2v) is 10.3. The van der Waals surface area contributed by atoms with Crippen molar-refractivity contribution in [2.24, 2.45) is 0 Å². The Hall–Kier alpha value is -4.35. The van der Waals surface area contributed by atoms with Crippen molar-refractivity contribution in [1.82, 2.24) is 19.5 Å². The lowest BCUT2D eigenvalue weighted by atomic mass is 9.58. The third-order valence-corrected chi connectivity index (χ3v) is 8.26. The van der Waals surface area contributed by atoms with Gasteiger partial charge in [-0.25, -0.2) is 15.0 Å². The lowest BCUT2D eigenvalue weighted by molar-refractivity contribution is -0.214. The number of aliphatic hydroxyl groups excluding tert-OH is 2. The van der Waals surface area contributed by atoms with Crippen molar-refractivity contribution in [3.05, 3.63) is 114 Å². The smallest absolute Gasteiger partial charge is 0.197 e. The maximum absolute atomic E-state index is 12.7. The van der Waals surface area contributed by atoms with Gasteiger partial charge in [0.25, 0.3) is 0 Å². The minimum atomic E-state index is -2.04. The number of fused-ring (bicyclic) bond motifs is 1. The summed E-state index contributed by atoms with van der Waals surface area (Å²) >= 11 is 0. The molecule has 5 aromatic rings. The average Bonchev–Trinajstić information content (AvgIpc) is 3.53. The summed E-state index contributed by atoms with van der Waals surface area (Å²) in [6, 6.07) is 26.7. The van der Waals surface area contributed by atoms with Gasteiger partial charge in [-0.2, -0.15) is 0 Å². The highest BCUT2D eigenvalue weighted by Crippen LogP contribution is 2.61. The summed E-state index contributed by atoms with van der Waals surface area (Å²) in [6.07, 6.45) is 0.134. The van der Waals surface area contributed by atoms with E-state index in [1.54, 1.807) is 11.7 Å². The van der Waals surface area contributed by atoms with E-state index in [0.29, 0.717) is 16.8 Å². The molecule has 10 heteroatoms. The van der Waals surface area contributed by atoms with Gasteiger partial charge in [-0.15, -0.1) is 0 Å².